The van der Waals surface area contributed by atoms with Crippen LogP contribution in [-0.2, 0) is 29.2 Å². The second-order valence-corrected chi connectivity index (χ2v) is 12.8. The zero-order valence-corrected chi connectivity index (χ0v) is 32.0. The minimum Gasteiger partial charge on any atom is -0.508 e. The average molecular weight is 910 g/mol. The standard InChI is InChI=1S/C13H9ClF4O3.C7H4ClFO2.C6H4ClFO.C6H7F3O2.CH4O3S/c1-2-20-12(19)7-3-6-4-8(14)9(15)5-10(6)21-11(7)13(16,17)18;8-5-1-4(3-10)7(11)2-6(5)9;7-5-2-1-4(9)3-6(5)8;1-2-11-5(10)3-4-6(7,8)9;1-5(2,3)4/h3-5,11H,2H2,1H3;1-3,11H;1-3,9H;3-4H,2H2,1H3;1H3,(H,2,3,4)/b;;;4-3+;. The lowest BCUT2D eigenvalue weighted by atomic mass is 10.0. The van der Waals surface area contributed by atoms with Gasteiger partial charge in [-0.1, -0.05) is 34.8 Å². The van der Waals surface area contributed by atoms with Crippen molar-refractivity contribution in [3.8, 4) is 17.2 Å². The number of allylic oxidation sites excluding steroid dienone is 1. The van der Waals surface area contributed by atoms with E-state index >= 15 is 0 Å². The number of ether oxygens (including phenoxy) is 3. The van der Waals surface area contributed by atoms with Gasteiger partial charge in [0.2, 0.25) is 6.10 Å². The number of halogens is 12. The Hall–Kier alpha value is -4.70. The van der Waals surface area contributed by atoms with E-state index in [1.807, 2.05) is 0 Å². The van der Waals surface area contributed by atoms with Crippen molar-refractivity contribution in [3.63, 3.8) is 0 Å². The molecule has 1 unspecified atom stereocenters. The van der Waals surface area contributed by atoms with Crippen molar-refractivity contribution in [2.24, 2.45) is 0 Å². The van der Waals surface area contributed by atoms with E-state index in [9.17, 15) is 62.3 Å². The van der Waals surface area contributed by atoms with Crippen LogP contribution in [0.2, 0.25) is 15.1 Å². The molecule has 0 bridgehead atoms. The highest BCUT2D eigenvalue weighted by Gasteiger charge is 2.49. The summed E-state index contributed by atoms with van der Waals surface area (Å²) in [6.07, 6.45) is -9.55. The van der Waals surface area contributed by atoms with Crippen LogP contribution in [-0.4, -0.2) is 79.3 Å². The Morgan fingerprint density at radius 1 is 0.842 bits per heavy atom. The van der Waals surface area contributed by atoms with E-state index in [0.717, 1.165) is 36.4 Å². The van der Waals surface area contributed by atoms with Crippen molar-refractivity contribution >= 4 is 69.2 Å². The molecular weight excluding hydrogens is 882 g/mol. The van der Waals surface area contributed by atoms with Gasteiger partial charge in [0, 0.05) is 35.9 Å². The maximum absolute atomic E-state index is 13.3. The van der Waals surface area contributed by atoms with E-state index in [1.165, 1.54) is 26.0 Å². The van der Waals surface area contributed by atoms with Crippen molar-refractivity contribution < 1.29 is 91.3 Å². The Balaban J connectivity index is 0.000000746. The van der Waals surface area contributed by atoms with Gasteiger partial charge >= 0.3 is 24.3 Å². The number of carbonyl (C=O) groups excluding carboxylic acids is 3. The predicted octanol–water partition coefficient (Wildman–Crippen LogP) is 9.10. The molecule has 3 N–H and O–H groups in total. The fourth-order valence-electron chi connectivity index (χ4n) is 3.30. The van der Waals surface area contributed by atoms with Crippen molar-refractivity contribution in [1.82, 2.24) is 0 Å². The molecule has 0 fully saturated rings. The first-order valence-corrected chi connectivity index (χ1v) is 17.8. The van der Waals surface area contributed by atoms with Gasteiger partial charge in [0.25, 0.3) is 10.1 Å². The first-order chi connectivity index (χ1) is 26.0. The van der Waals surface area contributed by atoms with Gasteiger partial charge in [0.15, 0.2) is 6.29 Å². The molecule has 316 valence electrons. The fourth-order valence-corrected chi connectivity index (χ4v) is 3.76. The Morgan fingerprint density at radius 2 is 1.35 bits per heavy atom. The summed E-state index contributed by atoms with van der Waals surface area (Å²) in [5, 5.41) is 17.1. The number of aromatic hydroxyl groups is 2. The van der Waals surface area contributed by atoms with Crippen LogP contribution in [0, 0.1) is 17.5 Å². The average Bonchev–Trinajstić information content (AvgIpc) is 3.07. The summed E-state index contributed by atoms with van der Waals surface area (Å²) in [4.78, 5) is 32.1. The van der Waals surface area contributed by atoms with Crippen LogP contribution in [0.4, 0.5) is 39.5 Å². The smallest absolute Gasteiger partial charge is 0.430 e. The lowest BCUT2D eigenvalue weighted by Crippen LogP contribution is -2.40. The molecule has 0 spiro atoms. The first-order valence-electron chi connectivity index (χ1n) is 14.8. The summed E-state index contributed by atoms with van der Waals surface area (Å²) >= 11 is 16.2. The number of aldehydes is 1. The zero-order chi connectivity index (χ0) is 44.5. The van der Waals surface area contributed by atoms with Gasteiger partial charge in [-0.3, -0.25) is 9.35 Å². The third kappa shape index (κ3) is 21.4. The Morgan fingerprint density at radius 3 is 1.81 bits per heavy atom. The monoisotopic (exact) mass is 908 g/mol. The van der Waals surface area contributed by atoms with E-state index < -0.39 is 69.3 Å². The molecule has 57 heavy (non-hydrogen) atoms. The molecule has 4 rings (SSSR count). The molecule has 3 aromatic carbocycles. The molecule has 0 aromatic heterocycles. The fraction of sp³-hybridized carbons (Fsp3) is 0.242. The largest absolute Gasteiger partial charge is 0.508 e. The maximum atomic E-state index is 13.3. The number of hydrogen-bond acceptors (Lipinski definition) is 10. The van der Waals surface area contributed by atoms with Gasteiger partial charge < -0.3 is 24.4 Å². The summed E-state index contributed by atoms with van der Waals surface area (Å²) in [6.45, 7) is 2.96. The highest BCUT2D eigenvalue weighted by molar-refractivity contribution is 7.85. The number of carbonyl (C=O) groups is 3. The van der Waals surface area contributed by atoms with Gasteiger partial charge in [-0.25, -0.2) is 22.8 Å². The third-order valence-electron chi connectivity index (χ3n) is 5.49. The summed E-state index contributed by atoms with van der Waals surface area (Å²) in [5.41, 5.74) is -0.652. The normalized spacial score (nSPS) is 13.2. The molecule has 1 heterocycles. The van der Waals surface area contributed by atoms with E-state index in [4.69, 9.17) is 54.3 Å². The van der Waals surface area contributed by atoms with Gasteiger partial charge in [-0.15, -0.1) is 0 Å². The van der Waals surface area contributed by atoms with Gasteiger partial charge in [0.05, 0.1) is 45.7 Å². The minimum atomic E-state index is -4.84. The van der Waals surface area contributed by atoms with Crippen molar-refractivity contribution in [1.29, 1.82) is 0 Å². The summed E-state index contributed by atoms with van der Waals surface area (Å²) in [5.74, 6) is -5.24. The van der Waals surface area contributed by atoms with Crippen LogP contribution in [0.5, 0.6) is 17.2 Å². The molecule has 3 aromatic rings. The van der Waals surface area contributed by atoms with Crippen LogP contribution < -0.4 is 4.74 Å². The Kier molecular flexibility index (Phi) is 21.6. The van der Waals surface area contributed by atoms with Crippen LogP contribution >= 0.6 is 34.8 Å². The summed E-state index contributed by atoms with van der Waals surface area (Å²) in [6, 6.07) is 7.28. The van der Waals surface area contributed by atoms with E-state index in [2.05, 4.69) is 9.47 Å². The highest BCUT2D eigenvalue weighted by atomic mass is 35.5. The van der Waals surface area contributed by atoms with Crippen LogP contribution in [0.15, 0.2) is 60.2 Å². The Bertz CT molecular complexity index is 2020. The molecular formula is C33H28Cl3F9O11S. The number of phenols is 2. The highest BCUT2D eigenvalue weighted by Crippen LogP contribution is 2.39. The quantitative estimate of drug-likeness (QED) is 0.0733. The van der Waals surface area contributed by atoms with Gasteiger partial charge in [-0.05, 0) is 44.2 Å². The van der Waals surface area contributed by atoms with Crippen LogP contribution in [0.1, 0.15) is 29.8 Å². The van der Waals surface area contributed by atoms with Crippen LogP contribution in [0.3, 0.4) is 0 Å². The van der Waals surface area contributed by atoms with Gasteiger partial charge in [0.1, 0.15) is 34.7 Å². The SMILES string of the molecule is CCOC(=O)/C=C/C(F)(F)F.CCOC(=O)C1=Cc2cc(Cl)c(F)cc2OC1C(F)(F)F.CS(=O)(=O)O.O=Cc1cc(Cl)c(F)cc1O.Oc1ccc(Cl)c(F)c1. The zero-order valence-electron chi connectivity index (χ0n) is 28.9. The number of phenolic OH excluding ortho intramolecular Hbond substituents is 2. The first kappa shape index (κ1) is 52.3. The number of alkyl halides is 6. The lowest BCUT2D eigenvalue weighted by molar-refractivity contribution is -0.187. The number of hydrogen-bond donors (Lipinski definition) is 3. The van der Waals surface area contributed by atoms with E-state index in [1.54, 1.807) is 0 Å². The molecule has 1 atom stereocenters. The van der Waals surface area contributed by atoms with Crippen molar-refractivity contribution in [2.75, 3.05) is 19.5 Å². The summed E-state index contributed by atoms with van der Waals surface area (Å²) < 4.78 is 150. The molecule has 24 heteroatoms. The molecule has 1 aliphatic rings. The molecule has 11 nitrogen and oxygen atoms in total. The van der Waals surface area contributed by atoms with E-state index in [0.29, 0.717) is 18.6 Å². The Labute approximate surface area is 332 Å². The minimum absolute atomic E-state index is 0.0172. The molecule has 0 aliphatic carbocycles. The summed E-state index contributed by atoms with van der Waals surface area (Å²) in [7, 11) is -3.67. The van der Waals surface area contributed by atoms with Crippen molar-refractivity contribution in [3.05, 3.63) is 104 Å². The molecule has 1 aliphatic heterocycles. The number of benzene rings is 3. The second kappa shape index (κ2) is 23.5. The number of rotatable bonds is 5. The lowest BCUT2D eigenvalue weighted by Gasteiger charge is -2.27. The van der Waals surface area contributed by atoms with E-state index in [-0.39, 0.29) is 57.0 Å². The number of fused-ring (bicyclic) bond motifs is 1. The van der Waals surface area contributed by atoms with Crippen LogP contribution in [0.25, 0.3) is 6.08 Å². The topological polar surface area (TPSA) is 174 Å². The number of esters is 2. The molecule has 0 amide bonds. The molecule has 0 radical (unpaired) electrons. The maximum Gasteiger partial charge on any atom is 0.430 e. The third-order valence-corrected chi connectivity index (χ3v) is 6.38. The van der Waals surface area contributed by atoms with Crippen molar-refractivity contribution in [2.45, 2.75) is 32.3 Å². The molecule has 0 saturated carbocycles. The van der Waals surface area contributed by atoms with Gasteiger partial charge in [-0.2, -0.15) is 34.8 Å². The second-order valence-electron chi connectivity index (χ2n) is 10.1. The predicted molar refractivity (Wildman–Crippen MR) is 187 cm³/mol. The molecule has 0 saturated heterocycles.